The lowest BCUT2D eigenvalue weighted by atomic mass is 10.2. The Labute approximate surface area is 112 Å². The second kappa shape index (κ2) is 5.61. The summed E-state index contributed by atoms with van der Waals surface area (Å²) in [6.45, 7) is 0.0182. The van der Waals surface area contributed by atoms with Crippen LogP contribution in [0.1, 0.15) is 5.56 Å². The maximum absolute atomic E-state index is 11.0. The van der Waals surface area contributed by atoms with Crippen molar-refractivity contribution < 1.29 is 14.9 Å². The maximum atomic E-state index is 11.0. The highest BCUT2D eigenvalue weighted by Gasteiger charge is 2.18. The van der Waals surface area contributed by atoms with Crippen molar-refractivity contribution in [2.24, 2.45) is 0 Å². The van der Waals surface area contributed by atoms with Gasteiger partial charge in [-0.15, -0.1) is 16.6 Å². The number of rotatable bonds is 5. The maximum Gasteiger partial charge on any atom is 0.277 e. The van der Waals surface area contributed by atoms with Gasteiger partial charge in [0.15, 0.2) is 0 Å². The van der Waals surface area contributed by atoms with E-state index in [1.165, 1.54) is 30.1 Å². The third-order valence-electron chi connectivity index (χ3n) is 2.44. The van der Waals surface area contributed by atoms with Crippen LogP contribution in [0.15, 0.2) is 35.4 Å². The molecule has 1 aromatic heterocycles. The normalized spacial score (nSPS) is 10.4. The summed E-state index contributed by atoms with van der Waals surface area (Å²) in [5.74, 6) is 0.202. The smallest absolute Gasteiger partial charge is 0.277 e. The molecular formula is C11H11N3O4S. The summed E-state index contributed by atoms with van der Waals surface area (Å²) in [6.07, 6.45) is 3.15. The molecule has 8 heteroatoms. The third kappa shape index (κ3) is 2.97. The quantitative estimate of drug-likeness (QED) is 0.391. The Morgan fingerprint density at radius 2 is 2.32 bits per heavy atom. The number of nitro groups is 1. The fraction of sp³-hybridized carbons (Fsp3) is 0.182. The first-order valence-corrected chi connectivity index (χ1v) is 6.52. The molecule has 0 aliphatic heterocycles. The monoisotopic (exact) mass is 281 g/mol. The van der Waals surface area contributed by atoms with Gasteiger partial charge in [0.25, 0.3) is 5.69 Å². The fourth-order valence-electron chi connectivity index (χ4n) is 1.58. The molecule has 1 heterocycles. The van der Waals surface area contributed by atoms with E-state index in [0.29, 0.717) is 10.4 Å². The molecule has 0 atom stereocenters. The third-order valence-corrected chi connectivity index (χ3v) is 3.26. The number of aromatic nitrogens is 2. The number of hydrogen-bond acceptors (Lipinski definition) is 6. The number of nitrogens with zero attached hydrogens (tertiary/aromatic N) is 3. The van der Waals surface area contributed by atoms with E-state index in [-0.39, 0.29) is 18.2 Å². The van der Waals surface area contributed by atoms with Crippen molar-refractivity contribution in [3.63, 3.8) is 0 Å². The van der Waals surface area contributed by atoms with E-state index in [1.807, 2.05) is 6.26 Å². The van der Waals surface area contributed by atoms with Gasteiger partial charge in [0, 0.05) is 17.0 Å². The Hall–Kier alpha value is -2.22. The minimum Gasteiger partial charge on any atom is -0.471 e. The second-order valence-electron chi connectivity index (χ2n) is 3.58. The van der Waals surface area contributed by atoms with E-state index in [2.05, 4.69) is 5.10 Å². The summed E-state index contributed by atoms with van der Waals surface area (Å²) in [5.41, 5.74) is 0.503. The van der Waals surface area contributed by atoms with Crippen molar-refractivity contribution >= 4 is 17.4 Å². The van der Waals surface area contributed by atoms with Crippen LogP contribution in [-0.4, -0.2) is 26.3 Å². The fourth-order valence-corrected chi connectivity index (χ4v) is 2.21. The average Bonchev–Trinajstić information content (AvgIpc) is 2.81. The van der Waals surface area contributed by atoms with E-state index in [0.717, 1.165) is 4.90 Å². The molecule has 7 nitrogen and oxygen atoms in total. The Balaban J connectivity index is 2.25. The summed E-state index contributed by atoms with van der Waals surface area (Å²) >= 11 is 1.41. The van der Waals surface area contributed by atoms with Crippen LogP contribution in [0.25, 0.3) is 0 Å². The van der Waals surface area contributed by atoms with Crippen molar-refractivity contribution in [1.29, 1.82) is 0 Å². The molecule has 19 heavy (non-hydrogen) atoms. The van der Waals surface area contributed by atoms with Crippen molar-refractivity contribution in [2.45, 2.75) is 11.5 Å². The highest BCUT2D eigenvalue weighted by Crippen LogP contribution is 2.29. The van der Waals surface area contributed by atoms with Gasteiger partial charge >= 0.3 is 0 Å². The van der Waals surface area contributed by atoms with Crippen molar-refractivity contribution in [2.75, 3.05) is 6.26 Å². The molecule has 0 saturated carbocycles. The molecule has 2 rings (SSSR count). The van der Waals surface area contributed by atoms with Gasteiger partial charge in [-0.05, 0) is 12.3 Å². The molecule has 0 aliphatic rings. The molecule has 100 valence electrons. The molecule has 0 radical (unpaired) electrons. The molecule has 0 spiro atoms. The average molecular weight is 281 g/mol. The van der Waals surface area contributed by atoms with Gasteiger partial charge in [0.05, 0.1) is 16.7 Å². The molecule has 0 bridgehead atoms. The molecule has 1 aromatic carbocycles. The molecule has 0 amide bonds. The van der Waals surface area contributed by atoms with Crippen LogP contribution in [0, 0.1) is 10.1 Å². The molecule has 0 saturated heterocycles. The van der Waals surface area contributed by atoms with Crippen LogP contribution in [-0.2, 0) is 6.61 Å². The molecule has 2 aromatic rings. The lowest BCUT2D eigenvalue weighted by Gasteiger charge is -2.08. The number of ether oxygens (including phenoxy) is 1. The van der Waals surface area contributed by atoms with E-state index >= 15 is 0 Å². The summed E-state index contributed by atoms with van der Waals surface area (Å²) < 4.78 is 5.34. The first-order valence-electron chi connectivity index (χ1n) is 5.30. The molecule has 0 unspecified atom stereocenters. The van der Waals surface area contributed by atoms with Crippen molar-refractivity contribution in [3.8, 4) is 5.88 Å². The zero-order valence-corrected chi connectivity index (χ0v) is 10.8. The molecule has 0 fully saturated rings. The Kier molecular flexibility index (Phi) is 3.91. The van der Waals surface area contributed by atoms with Crippen molar-refractivity contribution in [1.82, 2.24) is 9.94 Å². The Morgan fingerprint density at radius 3 is 2.89 bits per heavy atom. The van der Waals surface area contributed by atoms with Crippen LogP contribution in [0.4, 0.5) is 5.69 Å². The van der Waals surface area contributed by atoms with Gasteiger partial charge in [-0.1, -0.05) is 11.2 Å². The molecular weight excluding hydrogens is 270 g/mol. The van der Waals surface area contributed by atoms with Crippen LogP contribution in [0.2, 0.25) is 0 Å². The van der Waals surface area contributed by atoms with Gasteiger partial charge in [-0.3, -0.25) is 10.1 Å². The van der Waals surface area contributed by atoms with Crippen LogP contribution in [0.5, 0.6) is 5.88 Å². The zero-order valence-electron chi connectivity index (χ0n) is 10.0. The van der Waals surface area contributed by atoms with Gasteiger partial charge in [0.1, 0.15) is 6.61 Å². The number of nitro benzene ring substituents is 1. The first kappa shape index (κ1) is 13.2. The predicted molar refractivity (Wildman–Crippen MR) is 68.6 cm³/mol. The minimum atomic E-state index is -0.441. The molecule has 0 aliphatic carbocycles. The van der Waals surface area contributed by atoms with E-state index < -0.39 is 4.92 Å². The topological polar surface area (TPSA) is 90.4 Å². The predicted octanol–water partition coefficient (Wildman–Crippen LogP) is 2.33. The zero-order chi connectivity index (χ0) is 13.8. The van der Waals surface area contributed by atoms with Gasteiger partial charge in [0.2, 0.25) is 5.88 Å². The summed E-state index contributed by atoms with van der Waals surface area (Å²) in [7, 11) is 0. The standard InChI is InChI=1S/C11H11N3O4S/c1-19-10-4-2-3-9(14(16)17)8(10)7-18-11-5-6-13(15)12-11/h2-6,15H,7H2,1H3. The van der Waals surface area contributed by atoms with Crippen molar-refractivity contribution in [3.05, 3.63) is 46.1 Å². The van der Waals surface area contributed by atoms with Crippen LogP contribution in [0.3, 0.4) is 0 Å². The van der Waals surface area contributed by atoms with E-state index in [4.69, 9.17) is 9.94 Å². The SMILES string of the molecule is CSc1cccc([N+](=O)[O-])c1COc1ccn(O)n1. The van der Waals surface area contributed by atoms with E-state index in [9.17, 15) is 10.1 Å². The lowest BCUT2D eigenvalue weighted by Crippen LogP contribution is -2.03. The summed E-state index contributed by atoms with van der Waals surface area (Å²) in [4.78, 5) is 11.9. The largest absolute Gasteiger partial charge is 0.471 e. The van der Waals surface area contributed by atoms with Gasteiger partial charge in [-0.2, -0.15) is 0 Å². The summed E-state index contributed by atoms with van der Waals surface area (Å²) in [5, 5.41) is 23.6. The first-order chi connectivity index (χ1) is 9.11. The Morgan fingerprint density at radius 1 is 1.53 bits per heavy atom. The lowest BCUT2D eigenvalue weighted by molar-refractivity contribution is -0.386. The number of hydrogen-bond donors (Lipinski definition) is 1. The van der Waals surface area contributed by atoms with E-state index in [1.54, 1.807) is 12.1 Å². The highest BCUT2D eigenvalue weighted by molar-refractivity contribution is 7.98. The number of benzene rings is 1. The van der Waals surface area contributed by atoms with Gasteiger partial charge in [-0.25, -0.2) is 0 Å². The number of thioether (sulfide) groups is 1. The highest BCUT2D eigenvalue weighted by atomic mass is 32.2. The minimum absolute atomic E-state index is 0.00952. The van der Waals surface area contributed by atoms with Crippen LogP contribution < -0.4 is 4.74 Å². The second-order valence-corrected chi connectivity index (χ2v) is 4.43. The summed E-state index contributed by atoms with van der Waals surface area (Å²) in [6, 6.07) is 6.33. The Bertz CT molecular complexity index is 599. The van der Waals surface area contributed by atoms with Crippen LogP contribution >= 0.6 is 11.8 Å². The van der Waals surface area contributed by atoms with Gasteiger partial charge < -0.3 is 9.94 Å². The molecule has 1 N–H and O–H groups in total.